The van der Waals surface area contributed by atoms with Crippen LogP contribution in [0.5, 0.6) is 0 Å². The number of aromatic nitrogens is 5. The summed E-state index contributed by atoms with van der Waals surface area (Å²) in [4.78, 5) is 20.2. The van der Waals surface area contributed by atoms with E-state index in [1.54, 1.807) is 12.4 Å². The van der Waals surface area contributed by atoms with Gasteiger partial charge in [0.15, 0.2) is 11.5 Å². The maximum atomic E-state index is 12.5. The summed E-state index contributed by atoms with van der Waals surface area (Å²) in [5.74, 6) is 0.983. The van der Waals surface area contributed by atoms with E-state index in [1.165, 1.54) is 12.4 Å². The zero-order chi connectivity index (χ0) is 17.7. The number of anilines is 2. The Morgan fingerprint density at radius 3 is 2.44 bits per heavy atom. The smallest absolute Gasteiger partial charge is 0.370 e. The predicted octanol–water partition coefficient (Wildman–Crippen LogP) is 2.75. The summed E-state index contributed by atoms with van der Waals surface area (Å²) in [6, 6.07) is 2.31. The Morgan fingerprint density at radius 1 is 0.880 bits per heavy atom. The van der Waals surface area contributed by atoms with Crippen LogP contribution in [0.2, 0.25) is 0 Å². The van der Waals surface area contributed by atoms with E-state index >= 15 is 0 Å². The molecule has 0 atom stereocenters. The van der Waals surface area contributed by atoms with Gasteiger partial charge >= 0.3 is 6.18 Å². The second-order valence-corrected chi connectivity index (χ2v) is 5.09. The minimum absolute atomic E-state index is 0.395. The lowest BCUT2D eigenvalue weighted by atomic mass is 10.3. The third-order valence-electron chi connectivity index (χ3n) is 3.31. The topological polar surface area (TPSA) is 88.5 Å². The first-order valence-electron chi connectivity index (χ1n) is 7.47. The quantitative estimate of drug-likeness (QED) is 0.662. The third kappa shape index (κ3) is 4.28. The molecule has 0 aliphatic rings. The molecule has 0 aromatic carbocycles. The van der Waals surface area contributed by atoms with Gasteiger partial charge in [0.25, 0.3) is 0 Å². The van der Waals surface area contributed by atoms with Crippen molar-refractivity contribution < 1.29 is 13.2 Å². The third-order valence-corrected chi connectivity index (χ3v) is 3.31. The largest absolute Gasteiger partial charge is 0.417 e. The van der Waals surface area contributed by atoms with Crippen LogP contribution in [0, 0.1) is 0 Å². The van der Waals surface area contributed by atoms with Crippen LogP contribution in [0.1, 0.15) is 12.0 Å². The van der Waals surface area contributed by atoms with Gasteiger partial charge in [-0.15, -0.1) is 0 Å². The molecule has 0 aliphatic carbocycles. The summed E-state index contributed by atoms with van der Waals surface area (Å²) in [6.07, 6.45) is 1.66. The molecule has 3 rings (SSSR count). The summed E-state index contributed by atoms with van der Waals surface area (Å²) >= 11 is 0. The molecule has 0 aliphatic heterocycles. The van der Waals surface area contributed by atoms with Gasteiger partial charge in [-0.05, 0) is 18.6 Å². The molecule has 0 radical (unpaired) electrons. The van der Waals surface area contributed by atoms with E-state index in [-0.39, 0.29) is 0 Å². The number of halogens is 3. The highest BCUT2D eigenvalue weighted by Crippen LogP contribution is 2.28. The van der Waals surface area contributed by atoms with Gasteiger partial charge in [-0.2, -0.15) is 13.2 Å². The van der Waals surface area contributed by atoms with E-state index in [1.807, 2.05) is 0 Å². The second kappa shape index (κ2) is 7.24. The van der Waals surface area contributed by atoms with Crippen molar-refractivity contribution >= 4 is 22.8 Å². The van der Waals surface area contributed by atoms with Crippen molar-refractivity contribution in [1.82, 2.24) is 24.9 Å². The van der Waals surface area contributed by atoms with Crippen molar-refractivity contribution in [2.24, 2.45) is 0 Å². The number of rotatable bonds is 6. The normalized spacial score (nSPS) is 11.5. The molecule has 7 nitrogen and oxygen atoms in total. The average molecular weight is 349 g/mol. The Morgan fingerprint density at radius 2 is 1.68 bits per heavy atom. The fourth-order valence-electron chi connectivity index (χ4n) is 2.10. The Kier molecular flexibility index (Phi) is 4.87. The zero-order valence-electron chi connectivity index (χ0n) is 13.0. The van der Waals surface area contributed by atoms with Gasteiger partial charge < -0.3 is 10.6 Å². The van der Waals surface area contributed by atoms with Crippen molar-refractivity contribution in [2.45, 2.75) is 12.6 Å². The zero-order valence-corrected chi connectivity index (χ0v) is 13.0. The first-order valence-corrected chi connectivity index (χ1v) is 7.47. The van der Waals surface area contributed by atoms with Gasteiger partial charge in [0.2, 0.25) is 0 Å². The molecule has 0 bridgehead atoms. The summed E-state index contributed by atoms with van der Waals surface area (Å²) < 4.78 is 37.4. The van der Waals surface area contributed by atoms with Crippen LogP contribution in [0.15, 0.2) is 37.1 Å². The molecular formula is C15H14F3N7. The molecule has 0 spiro atoms. The lowest BCUT2D eigenvalue weighted by molar-refractivity contribution is -0.137. The number of hydrogen-bond acceptors (Lipinski definition) is 7. The fraction of sp³-hybridized carbons (Fsp3) is 0.267. The van der Waals surface area contributed by atoms with Crippen LogP contribution in [0.25, 0.3) is 11.2 Å². The number of fused-ring (bicyclic) bond motifs is 1. The van der Waals surface area contributed by atoms with Crippen molar-refractivity contribution in [1.29, 1.82) is 0 Å². The van der Waals surface area contributed by atoms with Crippen LogP contribution in [0.3, 0.4) is 0 Å². The Balaban J connectivity index is 1.47. The summed E-state index contributed by atoms with van der Waals surface area (Å²) in [7, 11) is 0. The van der Waals surface area contributed by atoms with Gasteiger partial charge in [0.05, 0.1) is 5.56 Å². The molecular weight excluding hydrogens is 335 g/mol. The molecule has 0 amide bonds. The van der Waals surface area contributed by atoms with Crippen LogP contribution >= 0.6 is 0 Å². The minimum atomic E-state index is -4.38. The van der Waals surface area contributed by atoms with Gasteiger partial charge in [0, 0.05) is 31.7 Å². The van der Waals surface area contributed by atoms with Crippen molar-refractivity contribution in [2.75, 3.05) is 23.7 Å². The average Bonchev–Trinajstić information content (AvgIpc) is 2.61. The predicted molar refractivity (Wildman–Crippen MR) is 86.0 cm³/mol. The Labute approximate surface area is 140 Å². The van der Waals surface area contributed by atoms with Gasteiger partial charge in [-0.3, -0.25) is 0 Å². The van der Waals surface area contributed by atoms with E-state index in [0.29, 0.717) is 42.3 Å². The molecule has 0 fully saturated rings. The molecule has 3 aromatic rings. The van der Waals surface area contributed by atoms with E-state index in [4.69, 9.17) is 0 Å². The Hall–Kier alpha value is -3.04. The number of alkyl halides is 3. The van der Waals surface area contributed by atoms with Crippen LogP contribution in [-0.2, 0) is 6.18 Å². The van der Waals surface area contributed by atoms with Crippen molar-refractivity contribution in [3.63, 3.8) is 0 Å². The fourth-order valence-corrected chi connectivity index (χ4v) is 2.10. The maximum absolute atomic E-state index is 12.5. The highest BCUT2D eigenvalue weighted by Gasteiger charge is 2.30. The summed E-state index contributed by atoms with van der Waals surface area (Å²) in [5.41, 5.74) is 0.325. The molecule has 130 valence electrons. The lowest BCUT2D eigenvalue weighted by Crippen LogP contribution is -2.12. The summed E-state index contributed by atoms with van der Waals surface area (Å²) in [6.45, 7) is 1.14. The van der Waals surface area contributed by atoms with E-state index in [0.717, 1.165) is 12.3 Å². The second-order valence-electron chi connectivity index (χ2n) is 5.09. The number of hydrogen-bond donors (Lipinski definition) is 2. The molecule has 2 N–H and O–H groups in total. The summed E-state index contributed by atoms with van der Waals surface area (Å²) in [5, 5.41) is 6.11. The van der Waals surface area contributed by atoms with Gasteiger partial charge in [-0.1, -0.05) is 0 Å². The number of pyridine rings is 1. The van der Waals surface area contributed by atoms with Crippen molar-refractivity contribution in [3.05, 3.63) is 42.6 Å². The SMILES string of the molecule is FC(F)(F)c1ccc(NCCCNc2ncnc3nccnc23)nc1. The molecule has 3 aromatic heterocycles. The lowest BCUT2D eigenvalue weighted by Gasteiger charge is -2.09. The highest BCUT2D eigenvalue weighted by molar-refractivity contribution is 5.81. The molecule has 0 saturated carbocycles. The molecule has 3 heterocycles. The van der Waals surface area contributed by atoms with E-state index < -0.39 is 11.7 Å². The number of nitrogens with zero attached hydrogens (tertiary/aromatic N) is 5. The standard InChI is InChI=1S/C15H14F3N7/c16-15(17,18)10-2-3-11(23-8-10)19-4-1-5-21-13-12-14(25-9-24-13)22-7-6-20-12/h2-3,6-9H,1,4-5H2,(H,19,23)(H,21,22,24,25). The van der Waals surface area contributed by atoms with E-state index in [2.05, 4.69) is 35.6 Å². The maximum Gasteiger partial charge on any atom is 0.417 e. The minimum Gasteiger partial charge on any atom is -0.370 e. The monoisotopic (exact) mass is 349 g/mol. The first-order chi connectivity index (χ1) is 12.0. The van der Waals surface area contributed by atoms with E-state index in [9.17, 15) is 13.2 Å². The molecule has 0 unspecified atom stereocenters. The Bertz CT molecular complexity index is 831. The van der Waals surface area contributed by atoms with Gasteiger partial charge in [0.1, 0.15) is 17.7 Å². The van der Waals surface area contributed by atoms with Gasteiger partial charge in [-0.25, -0.2) is 24.9 Å². The van der Waals surface area contributed by atoms with Crippen LogP contribution in [-0.4, -0.2) is 38.0 Å². The van der Waals surface area contributed by atoms with Crippen molar-refractivity contribution in [3.8, 4) is 0 Å². The molecule has 10 heteroatoms. The first kappa shape index (κ1) is 16.8. The highest BCUT2D eigenvalue weighted by atomic mass is 19.4. The molecule has 0 saturated heterocycles. The molecule has 25 heavy (non-hydrogen) atoms. The van der Waals surface area contributed by atoms with Crippen LogP contribution < -0.4 is 10.6 Å². The number of nitrogens with one attached hydrogen (secondary N) is 2. The van der Waals surface area contributed by atoms with Crippen LogP contribution in [0.4, 0.5) is 24.8 Å².